The van der Waals surface area contributed by atoms with Crippen LogP contribution in [0, 0.1) is 5.41 Å². The Bertz CT molecular complexity index is 1340. The minimum Gasteiger partial charge on any atom is -0.497 e. The number of hydrogen-bond acceptors (Lipinski definition) is 6. The minimum absolute atomic E-state index is 0.00879. The Morgan fingerprint density at radius 1 is 1.25 bits per heavy atom. The smallest absolute Gasteiger partial charge is 0.416 e. The van der Waals surface area contributed by atoms with E-state index in [4.69, 9.17) is 16.3 Å². The van der Waals surface area contributed by atoms with Crippen molar-refractivity contribution in [1.29, 1.82) is 0 Å². The average molecular weight is 600 g/mol. The highest BCUT2D eigenvalue weighted by Crippen LogP contribution is 2.42. The quantitative estimate of drug-likeness (QED) is 0.112. The number of alkyl halides is 4. The fourth-order valence-corrected chi connectivity index (χ4v) is 6.37. The van der Waals surface area contributed by atoms with E-state index >= 15 is 4.39 Å². The summed E-state index contributed by atoms with van der Waals surface area (Å²) in [4.78, 5) is 19.7. The fraction of sp³-hybridized carbons (Fsp3) is 0.429. The zero-order chi connectivity index (χ0) is 28.9. The Labute approximate surface area is 239 Å². The highest BCUT2D eigenvalue weighted by Gasteiger charge is 2.41. The monoisotopic (exact) mass is 599 g/mol. The zero-order valence-electron chi connectivity index (χ0n) is 21.8. The second-order valence-electron chi connectivity index (χ2n) is 9.85. The third-order valence-electron chi connectivity index (χ3n) is 7.49. The van der Waals surface area contributed by atoms with Gasteiger partial charge in [0, 0.05) is 34.3 Å². The average Bonchev–Trinajstić information content (AvgIpc) is 2.95. The van der Waals surface area contributed by atoms with Gasteiger partial charge in [0.1, 0.15) is 11.9 Å². The van der Waals surface area contributed by atoms with Crippen molar-refractivity contribution in [2.75, 3.05) is 32.5 Å². The van der Waals surface area contributed by atoms with E-state index in [-0.39, 0.29) is 23.4 Å². The van der Waals surface area contributed by atoms with Gasteiger partial charge in [0.15, 0.2) is 0 Å². The molecule has 0 spiro atoms. The third-order valence-corrected chi connectivity index (χ3v) is 8.77. The molecule has 216 valence electrons. The van der Waals surface area contributed by atoms with Crippen LogP contribution < -0.4 is 10.2 Å². The van der Waals surface area contributed by atoms with Crippen LogP contribution >= 0.6 is 23.4 Å². The molecule has 0 bridgehead atoms. The van der Waals surface area contributed by atoms with Gasteiger partial charge in [0.2, 0.25) is 5.91 Å². The third kappa shape index (κ3) is 6.99. The number of rotatable bonds is 10. The number of hydroxylamine groups is 1. The van der Waals surface area contributed by atoms with Crippen LogP contribution in [0.5, 0.6) is 5.75 Å². The molecule has 2 aromatic carbocycles. The van der Waals surface area contributed by atoms with E-state index in [0.717, 1.165) is 12.1 Å². The summed E-state index contributed by atoms with van der Waals surface area (Å²) in [5.41, 5.74) is 0.980. The lowest BCUT2D eigenvalue weighted by Crippen LogP contribution is -2.48. The summed E-state index contributed by atoms with van der Waals surface area (Å²) >= 11 is 7.69. The van der Waals surface area contributed by atoms with Crippen molar-refractivity contribution < 1.29 is 32.3 Å². The molecule has 2 heterocycles. The first-order valence-electron chi connectivity index (χ1n) is 12.8. The Morgan fingerprint density at radius 2 is 2.00 bits per heavy atom. The molecule has 1 unspecified atom stereocenters. The topological polar surface area (TPSA) is 74.7 Å². The van der Waals surface area contributed by atoms with E-state index in [9.17, 15) is 23.2 Å². The number of benzene rings is 2. The molecule has 1 amide bonds. The second-order valence-corrected chi connectivity index (χ2v) is 11.4. The lowest BCUT2D eigenvalue weighted by Gasteiger charge is -2.40. The number of halogens is 5. The van der Waals surface area contributed by atoms with Gasteiger partial charge in [-0.3, -0.25) is 15.0 Å². The Kier molecular flexibility index (Phi) is 9.81. The predicted octanol–water partition coefficient (Wildman–Crippen LogP) is 7.09. The van der Waals surface area contributed by atoms with Crippen LogP contribution in [0.2, 0.25) is 5.02 Å². The van der Waals surface area contributed by atoms with Crippen LogP contribution in [-0.4, -0.2) is 53.5 Å². The highest BCUT2D eigenvalue weighted by molar-refractivity contribution is 7.99. The van der Waals surface area contributed by atoms with Gasteiger partial charge in [-0.1, -0.05) is 17.7 Å². The number of carbonyl (C=O) groups excluding carboxylic acids is 1. The summed E-state index contributed by atoms with van der Waals surface area (Å²) in [6.45, 7) is 1.68. The van der Waals surface area contributed by atoms with Crippen molar-refractivity contribution in [3.8, 4) is 5.75 Å². The summed E-state index contributed by atoms with van der Waals surface area (Å²) in [6, 6.07) is 10.4. The number of methoxy groups -OCH3 is 1. The number of amides is 1. The highest BCUT2D eigenvalue weighted by atomic mass is 35.5. The first-order chi connectivity index (χ1) is 19.1. The number of thioether (sulfide) groups is 1. The molecule has 1 atom stereocenters. The lowest BCUT2D eigenvalue weighted by molar-refractivity contribution is -0.143. The Balaban J connectivity index is 1.37. The molecule has 2 N–H and O–H groups in total. The van der Waals surface area contributed by atoms with Gasteiger partial charge < -0.3 is 9.64 Å². The molecule has 1 saturated heterocycles. The normalized spacial score (nSPS) is 16.6. The van der Waals surface area contributed by atoms with Crippen molar-refractivity contribution in [2.24, 2.45) is 5.41 Å². The van der Waals surface area contributed by atoms with Crippen LogP contribution in [0.3, 0.4) is 0 Å². The van der Waals surface area contributed by atoms with Gasteiger partial charge in [0.25, 0.3) is 0 Å². The van der Waals surface area contributed by atoms with Crippen molar-refractivity contribution in [1.82, 2.24) is 15.4 Å². The first kappa shape index (κ1) is 30.4. The van der Waals surface area contributed by atoms with Crippen molar-refractivity contribution >= 4 is 40.2 Å². The van der Waals surface area contributed by atoms with Crippen LogP contribution in [0.25, 0.3) is 10.9 Å². The molecule has 3 aromatic rings. The molecule has 0 saturated carbocycles. The van der Waals surface area contributed by atoms with Crippen molar-refractivity contribution in [2.45, 2.75) is 42.9 Å². The van der Waals surface area contributed by atoms with Gasteiger partial charge in [-0.05, 0) is 75.2 Å². The molecule has 6 nitrogen and oxygen atoms in total. The maximum Gasteiger partial charge on any atom is 0.416 e. The number of carbonyl (C=O) groups is 1. The standard InChI is InChI=1S/C28H30ClF4N3O3S/c1-39-19-5-6-24-21(16-19)25(22(29)17-34-24)23(30)7-8-27(26(37)35-38)9-11-36(12-10-27)13-14-40-20-4-2-3-18(15-20)28(31,32)33/h2-6,15-17,23,38H,7-14H2,1H3,(H,35,37). The number of aromatic nitrogens is 1. The first-order valence-corrected chi connectivity index (χ1v) is 14.2. The van der Waals surface area contributed by atoms with E-state index in [1.54, 1.807) is 29.7 Å². The van der Waals surface area contributed by atoms with E-state index in [2.05, 4.69) is 9.88 Å². The molecular weight excluding hydrogens is 570 g/mol. The van der Waals surface area contributed by atoms with E-state index in [1.165, 1.54) is 31.1 Å². The number of nitrogens with zero attached hydrogens (tertiary/aromatic N) is 2. The van der Waals surface area contributed by atoms with E-state index in [1.807, 2.05) is 0 Å². The molecule has 1 fully saturated rings. The summed E-state index contributed by atoms with van der Waals surface area (Å²) in [5.74, 6) is 0.564. The van der Waals surface area contributed by atoms with Gasteiger partial charge in [0.05, 0.1) is 28.6 Å². The Morgan fingerprint density at radius 3 is 2.67 bits per heavy atom. The van der Waals surface area contributed by atoms with E-state index < -0.39 is 29.2 Å². The maximum absolute atomic E-state index is 15.7. The molecule has 1 aromatic heterocycles. The number of hydrogen-bond donors (Lipinski definition) is 2. The molecule has 1 aliphatic heterocycles. The molecule has 0 radical (unpaired) electrons. The molecule has 0 aliphatic carbocycles. The lowest BCUT2D eigenvalue weighted by atomic mass is 9.73. The molecule has 40 heavy (non-hydrogen) atoms. The number of ether oxygens (including phenoxy) is 1. The van der Waals surface area contributed by atoms with Crippen LogP contribution in [0.15, 0.2) is 53.6 Å². The predicted molar refractivity (Wildman–Crippen MR) is 147 cm³/mol. The number of fused-ring (bicyclic) bond motifs is 1. The molecule has 12 heteroatoms. The van der Waals surface area contributed by atoms with Crippen molar-refractivity contribution in [3.63, 3.8) is 0 Å². The summed E-state index contributed by atoms with van der Waals surface area (Å²) in [6.07, 6.45) is -3.45. The molecular formula is C28H30ClF4N3O3S. The maximum atomic E-state index is 15.7. The van der Waals surface area contributed by atoms with E-state index in [0.29, 0.717) is 59.8 Å². The number of pyridine rings is 1. The largest absolute Gasteiger partial charge is 0.497 e. The minimum atomic E-state index is -4.39. The van der Waals surface area contributed by atoms with Gasteiger partial charge in [-0.2, -0.15) is 13.2 Å². The molecule has 1 aliphatic rings. The summed E-state index contributed by atoms with van der Waals surface area (Å²) in [7, 11) is 1.51. The van der Waals surface area contributed by atoms with Gasteiger partial charge in [-0.25, -0.2) is 9.87 Å². The van der Waals surface area contributed by atoms with Crippen LogP contribution in [-0.2, 0) is 11.0 Å². The number of likely N-dealkylation sites (tertiary alicyclic amines) is 1. The fourth-order valence-electron chi connectivity index (χ4n) is 5.13. The summed E-state index contributed by atoms with van der Waals surface area (Å²) < 4.78 is 59.9. The molecule has 4 rings (SSSR count). The van der Waals surface area contributed by atoms with Crippen LogP contribution in [0.4, 0.5) is 17.6 Å². The number of nitrogens with one attached hydrogen (secondary N) is 1. The number of piperidine rings is 1. The SMILES string of the molecule is COc1ccc2ncc(Cl)c(C(F)CCC3(C(=O)NO)CCN(CCSc4cccc(C(F)(F)F)c4)CC3)c2c1. The van der Waals surface area contributed by atoms with Crippen molar-refractivity contribution in [3.05, 3.63) is 64.8 Å². The van der Waals surface area contributed by atoms with Crippen LogP contribution in [0.1, 0.15) is 43.0 Å². The second kappa shape index (κ2) is 12.9. The zero-order valence-corrected chi connectivity index (χ0v) is 23.4. The summed E-state index contributed by atoms with van der Waals surface area (Å²) in [5, 5.41) is 10.2. The van der Waals surface area contributed by atoms with Gasteiger partial charge in [-0.15, -0.1) is 11.8 Å². The Hall–Kier alpha value is -2.60. The van der Waals surface area contributed by atoms with Gasteiger partial charge >= 0.3 is 6.18 Å².